The molecule has 4 nitrogen and oxygen atoms in total. The third-order valence-electron chi connectivity index (χ3n) is 4.92. The Morgan fingerprint density at radius 1 is 1.21 bits per heavy atom. The van der Waals surface area contributed by atoms with E-state index in [1.807, 2.05) is 32.9 Å². The van der Waals surface area contributed by atoms with E-state index >= 15 is 0 Å². The zero-order valence-corrected chi connectivity index (χ0v) is 19.4. The van der Waals surface area contributed by atoms with Gasteiger partial charge in [-0.3, -0.25) is 9.36 Å². The highest BCUT2D eigenvalue weighted by Gasteiger charge is 2.38. The molecule has 0 bridgehead atoms. The minimum absolute atomic E-state index is 0.0929. The molecule has 6 heteroatoms. The summed E-state index contributed by atoms with van der Waals surface area (Å²) in [5.41, 5.74) is 2.58. The van der Waals surface area contributed by atoms with Gasteiger partial charge in [-0.2, -0.15) is 0 Å². The minimum Gasteiger partial charge on any atom is -0.337 e. The van der Waals surface area contributed by atoms with Crippen LogP contribution < -0.4 is 15.6 Å². The van der Waals surface area contributed by atoms with Gasteiger partial charge in [-0.05, 0) is 74.2 Å². The number of aryl methyl sites for hydroxylation is 2. The van der Waals surface area contributed by atoms with Crippen molar-refractivity contribution < 1.29 is 4.39 Å². The highest BCUT2D eigenvalue weighted by molar-refractivity contribution is 8.01. The van der Waals surface area contributed by atoms with E-state index < -0.39 is 0 Å². The Bertz CT molecular complexity index is 894. The molecule has 0 radical (unpaired) electrons. The minimum atomic E-state index is -0.333. The standard InChI is InChI=1S/C21H28FN3OS.C2H6/c1-12(2)8-15-11-19(15)27-24-18-10-14(4)21(26)25(5)20(18)23-17-7-6-13(3)9-16(17)22;1-2/h6-7,9-10,12,15,19,23-24H,8,11H2,1-5H3;1-2H3. The van der Waals surface area contributed by atoms with E-state index in [2.05, 4.69) is 23.9 Å². The third-order valence-corrected chi connectivity index (χ3v) is 6.14. The van der Waals surface area contributed by atoms with Gasteiger partial charge in [0.2, 0.25) is 0 Å². The monoisotopic (exact) mass is 419 g/mol. The maximum absolute atomic E-state index is 14.3. The number of benzene rings is 1. The summed E-state index contributed by atoms with van der Waals surface area (Å²) in [6, 6.07) is 6.87. The van der Waals surface area contributed by atoms with Crippen LogP contribution in [0.4, 0.5) is 21.6 Å². The van der Waals surface area contributed by atoms with Crippen LogP contribution in [0.25, 0.3) is 0 Å². The topological polar surface area (TPSA) is 46.1 Å². The number of nitrogens with zero attached hydrogens (tertiary/aromatic N) is 1. The zero-order valence-electron chi connectivity index (χ0n) is 18.6. The van der Waals surface area contributed by atoms with Gasteiger partial charge in [0, 0.05) is 17.9 Å². The number of pyridine rings is 1. The lowest BCUT2D eigenvalue weighted by atomic mass is 10.1. The second kappa shape index (κ2) is 10.2. The van der Waals surface area contributed by atoms with E-state index in [0.29, 0.717) is 28.2 Å². The molecule has 29 heavy (non-hydrogen) atoms. The number of nitrogens with one attached hydrogen (secondary N) is 2. The molecule has 0 aliphatic heterocycles. The molecular weight excluding hydrogens is 385 g/mol. The zero-order chi connectivity index (χ0) is 21.7. The first-order valence-corrected chi connectivity index (χ1v) is 11.3. The molecule has 2 unspecified atom stereocenters. The van der Waals surface area contributed by atoms with Gasteiger partial charge in [0.05, 0.1) is 11.4 Å². The lowest BCUT2D eigenvalue weighted by molar-refractivity contribution is 0.542. The molecule has 1 aromatic carbocycles. The molecule has 2 aromatic rings. The second-order valence-electron chi connectivity index (χ2n) is 7.95. The molecule has 160 valence electrons. The van der Waals surface area contributed by atoms with Crippen molar-refractivity contribution in [2.45, 2.75) is 59.6 Å². The molecular formula is C23H34FN3OS. The van der Waals surface area contributed by atoms with Crippen molar-refractivity contribution in [2.75, 3.05) is 10.0 Å². The van der Waals surface area contributed by atoms with Crippen LogP contribution in [-0.2, 0) is 7.05 Å². The van der Waals surface area contributed by atoms with E-state index in [0.717, 1.165) is 17.2 Å². The van der Waals surface area contributed by atoms with Crippen molar-refractivity contribution in [3.63, 3.8) is 0 Å². The first-order chi connectivity index (χ1) is 13.8. The fourth-order valence-electron chi connectivity index (χ4n) is 3.33. The lowest BCUT2D eigenvalue weighted by Crippen LogP contribution is -2.22. The average molecular weight is 420 g/mol. The van der Waals surface area contributed by atoms with Crippen molar-refractivity contribution in [2.24, 2.45) is 18.9 Å². The van der Waals surface area contributed by atoms with Gasteiger partial charge in [0.25, 0.3) is 5.56 Å². The SMILES string of the molecule is CC.Cc1ccc(Nc2c(NSC3CC3CC(C)C)cc(C)c(=O)n2C)c(F)c1. The van der Waals surface area contributed by atoms with E-state index in [-0.39, 0.29) is 11.4 Å². The number of rotatable bonds is 7. The number of anilines is 3. The van der Waals surface area contributed by atoms with Gasteiger partial charge >= 0.3 is 0 Å². The number of halogens is 1. The summed E-state index contributed by atoms with van der Waals surface area (Å²) in [4.78, 5) is 12.4. The van der Waals surface area contributed by atoms with Gasteiger partial charge in [-0.1, -0.05) is 33.8 Å². The summed E-state index contributed by atoms with van der Waals surface area (Å²) in [5.74, 6) is 1.70. The molecule has 3 rings (SSSR count). The number of hydrogen-bond acceptors (Lipinski definition) is 4. The van der Waals surface area contributed by atoms with Gasteiger partial charge < -0.3 is 10.0 Å². The van der Waals surface area contributed by atoms with Gasteiger partial charge in [0.15, 0.2) is 0 Å². The Morgan fingerprint density at radius 2 is 1.90 bits per heavy atom. The van der Waals surface area contributed by atoms with E-state index in [9.17, 15) is 9.18 Å². The Balaban J connectivity index is 0.00000145. The van der Waals surface area contributed by atoms with Crippen LogP contribution in [0, 0.1) is 31.5 Å². The normalized spacial score (nSPS) is 17.6. The van der Waals surface area contributed by atoms with Crippen molar-refractivity contribution >= 4 is 29.1 Å². The van der Waals surface area contributed by atoms with Crippen LogP contribution in [0.3, 0.4) is 0 Å². The van der Waals surface area contributed by atoms with Crippen LogP contribution in [0.5, 0.6) is 0 Å². The fraction of sp³-hybridized carbons (Fsp3) is 0.522. The third kappa shape index (κ3) is 6.01. The molecule has 1 fully saturated rings. The molecule has 1 aliphatic rings. The highest BCUT2D eigenvalue weighted by atomic mass is 32.2. The molecule has 1 aromatic heterocycles. The first-order valence-electron chi connectivity index (χ1n) is 10.4. The van der Waals surface area contributed by atoms with Crippen LogP contribution >= 0.6 is 11.9 Å². The molecule has 0 saturated heterocycles. The number of aromatic nitrogens is 1. The largest absolute Gasteiger partial charge is 0.337 e. The van der Waals surface area contributed by atoms with Crippen LogP contribution in [0.1, 0.15) is 51.7 Å². The molecule has 2 N–H and O–H groups in total. The van der Waals surface area contributed by atoms with Gasteiger partial charge in [-0.25, -0.2) is 4.39 Å². The molecule has 1 heterocycles. The Labute approximate surface area is 178 Å². The van der Waals surface area contributed by atoms with Crippen LogP contribution in [-0.4, -0.2) is 9.82 Å². The molecule has 2 atom stereocenters. The molecule has 1 aliphatic carbocycles. The highest BCUT2D eigenvalue weighted by Crippen LogP contribution is 2.46. The second-order valence-corrected chi connectivity index (χ2v) is 8.99. The summed E-state index contributed by atoms with van der Waals surface area (Å²) < 4.78 is 19.2. The van der Waals surface area contributed by atoms with Crippen molar-refractivity contribution in [1.29, 1.82) is 0 Å². The summed E-state index contributed by atoms with van der Waals surface area (Å²) in [5, 5.41) is 3.70. The predicted octanol–water partition coefficient (Wildman–Crippen LogP) is 6.41. The van der Waals surface area contributed by atoms with E-state index in [1.165, 1.54) is 23.5 Å². The fourth-order valence-corrected chi connectivity index (χ4v) is 4.41. The lowest BCUT2D eigenvalue weighted by Gasteiger charge is -2.18. The predicted molar refractivity (Wildman–Crippen MR) is 125 cm³/mol. The first kappa shape index (κ1) is 23.3. The smallest absolute Gasteiger partial charge is 0.254 e. The summed E-state index contributed by atoms with van der Waals surface area (Å²) >= 11 is 1.70. The van der Waals surface area contributed by atoms with Crippen LogP contribution in [0.15, 0.2) is 29.1 Å². The van der Waals surface area contributed by atoms with Gasteiger partial charge in [-0.15, -0.1) is 0 Å². The van der Waals surface area contributed by atoms with Gasteiger partial charge in [0.1, 0.15) is 11.6 Å². The van der Waals surface area contributed by atoms with E-state index in [1.54, 1.807) is 32.0 Å². The molecule has 1 saturated carbocycles. The Kier molecular flexibility index (Phi) is 8.20. The van der Waals surface area contributed by atoms with Crippen molar-refractivity contribution in [1.82, 2.24) is 4.57 Å². The van der Waals surface area contributed by atoms with Crippen LogP contribution in [0.2, 0.25) is 0 Å². The Morgan fingerprint density at radius 3 is 2.52 bits per heavy atom. The summed E-state index contributed by atoms with van der Waals surface area (Å²) in [6.45, 7) is 12.2. The maximum Gasteiger partial charge on any atom is 0.254 e. The quantitative estimate of drug-likeness (QED) is 0.509. The average Bonchev–Trinajstić information content (AvgIpc) is 3.41. The molecule has 0 amide bonds. The molecule has 0 spiro atoms. The van der Waals surface area contributed by atoms with E-state index in [4.69, 9.17) is 0 Å². The summed E-state index contributed by atoms with van der Waals surface area (Å²) in [6.07, 6.45) is 2.46. The maximum atomic E-state index is 14.3. The Hall–Kier alpha value is -1.95. The van der Waals surface area contributed by atoms with Crippen molar-refractivity contribution in [3.05, 3.63) is 51.6 Å². The number of hydrogen-bond donors (Lipinski definition) is 2. The van der Waals surface area contributed by atoms with Crippen molar-refractivity contribution in [3.8, 4) is 0 Å². The summed E-state index contributed by atoms with van der Waals surface area (Å²) in [7, 11) is 1.71.